The van der Waals surface area contributed by atoms with Crippen LogP contribution in [0.2, 0.25) is 0 Å². The zero-order valence-corrected chi connectivity index (χ0v) is 17.8. The summed E-state index contributed by atoms with van der Waals surface area (Å²) in [6, 6.07) is 8.81. The lowest BCUT2D eigenvalue weighted by molar-refractivity contribution is -0.131. The zero-order chi connectivity index (χ0) is 20.9. The fourth-order valence-corrected chi connectivity index (χ4v) is 6.35. The Morgan fingerprint density at radius 3 is 2.87 bits per heavy atom. The van der Waals surface area contributed by atoms with Crippen LogP contribution in [0.15, 0.2) is 24.3 Å². The molecule has 2 aliphatic carbocycles. The Morgan fingerprint density at radius 1 is 1.06 bits per heavy atom. The third-order valence-corrected chi connectivity index (χ3v) is 7.94. The third-order valence-electron chi connectivity index (χ3n) is 7.94. The first-order valence-electron chi connectivity index (χ1n) is 11.9. The minimum absolute atomic E-state index is 0.00167. The van der Waals surface area contributed by atoms with Gasteiger partial charge in [0.25, 0.3) is 0 Å². The Labute approximate surface area is 182 Å². The van der Waals surface area contributed by atoms with Crippen molar-refractivity contribution in [2.45, 2.75) is 69.6 Å². The van der Waals surface area contributed by atoms with Gasteiger partial charge in [0.05, 0.1) is 18.1 Å². The van der Waals surface area contributed by atoms with Gasteiger partial charge in [-0.15, -0.1) is 0 Å². The van der Waals surface area contributed by atoms with E-state index in [2.05, 4.69) is 39.4 Å². The Bertz CT molecular complexity index is 1020. The average molecular weight is 422 g/mol. The van der Waals surface area contributed by atoms with Crippen LogP contribution in [-0.4, -0.2) is 40.5 Å². The van der Waals surface area contributed by atoms with Gasteiger partial charge in [0.1, 0.15) is 0 Å². The lowest BCUT2D eigenvalue weighted by Crippen LogP contribution is -2.48. The summed E-state index contributed by atoms with van der Waals surface area (Å²) in [4.78, 5) is 31.5. The first-order chi connectivity index (χ1) is 15.2. The number of likely N-dealkylation sites (tertiary alicyclic amines) is 1. The van der Waals surface area contributed by atoms with Crippen molar-refractivity contribution in [2.24, 2.45) is 11.8 Å². The highest BCUT2D eigenvalue weighted by atomic mass is 16.2. The zero-order valence-electron chi connectivity index (χ0n) is 17.8. The van der Waals surface area contributed by atoms with E-state index in [0.717, 1.165) is 43.3 Å². The van der Waals surface area contributed by atoms with Gasteiger partial charge >= 0.3 is 0 Å². The van der Waals surface area contributed by atoms with Crippen molar-refractivity contribution in [3.05, 3.63) is 35.5 Å². The molecule has 6 rings (SSSR count). The number of H-pyrrole nitrogens is 1. The van der Waals surface area contributed by atoms with Crippen LogP contribution < -0.4 is 16.2 Å². The first-order valence-corrected chi connectivity index (χ1v) is 11.9. The molecular formula is C24H31N5O2. The molecule has 5 unspecified atom stereocenters. The van der Waals surface area contributed by atoms with E-state index in [1.165, 1.54) is 23.8 Å². The van der Waals surface area contributed by atoms with Gasteiger partial charge in [0.15, 0.2) is 0 Å². The number of fused-ring (bicyclic) bond motifs is 4. The van der Waals surface area contributed by atoms with Crippen molar-refractivity contribution < 1.29 is 9.59 Å². The number of nitrogens with one attached hydrogen (secondary N) is 4. The molecule has 0 bridgehead atoms. The summed E-state index contributed by atoms with van der Waals surface area (Å²) in [5, 5.41) is 4.55. The van der Waals surface area contributed by atoms with E-state index in [1.807, 2.05) is 11.0 Å². The summed E-state index contributed by atoms with van der Waals surface area (Å²) >= 11 is 0. The van der Waals surface area contributed by atoms with Crippen molar-refractivity contribution in [2.75, 3.05) is 6.54 Å². The number of benzene rings is 1. The molecule has 3 heterocycles. The molecule has 1 saturated carbocycles. The van der Waals surface area contributed by atoms with Crippen molar-refractivity contribution in [3.8, 4) is 0 Å². The number of para-hydroxylation sites is 1. The topological polar surface area (TPSA) is 89.3 Å². The minimum atomic E-state index is -0.272. The molecule has 1 aromatic carbocycles. The van der Waals surface area contributed by atoms with E-state index in [0.29, 0.717) is 24.9 Å². The number of aromatic amines is 1. The van der Waals surface area contributed by atoms with Crippen LogP contribution in [0.1, 0.15) is 62.2 Å². The molecule has 4 N–H and O–H groups in total. The molecule has 164 valence electrons. The second kappa shape index (κ2) is 7.64. The summed E-state index contributed by atoms with van der Waals surface area (Å²) in [5.74, 6) is 0.289. The smallest absolute Gasteiger partial charge is 0.225 e. The number of aromatic nitrogens is 1. The van der Waals surface area contributed by atoms with Crippen LogP contribution in [-0.2, 0) is 16.0 Å². The highest BCUT2D eigenvalue weighted by molar-refractivity contribution is 5.90. The fraction of sp³-hybridized carbons (Fsp3) is 0.583. The molecule has 3 fully saturated rings. The van der Waals surface area contributed by atoms with Crippen molar-refractivity contribution in [1.29, 1.82) is 0 Å². The summed E-state index contributed by atoms with van der Waals surface area (Å²) in [7, 11) is 0. The minimum Gasteiger partial charge on any atom is -0.356 e. The number of amides is 2. The molecule has 0 spiro atoms. The number of hydrogen-bond donors (Lipinski definition) is 4. The Kier molecular flexibility index (Phi) is 4.76. The van der Waals surface area contributed by atoms with Gasteiger partial charge in [-0.05, 0) is 43.7 Å². The first kappa shape index (κ1) is 19.3. The Hall–Kier alpha value is -2.38. The highest BCUT2D eigenvalue weighted by Crippen LogP contribution is 2.36. The number of carbonyl (C=O) groups excluding carboxylic acids is 2. The molecule has 7 heteroatoms. The van der Waals surface area contributed by atoms with Gasteiger partial charge in [-0.3, -0.25) is 15.0 Å². The maximum atomic E-state index is 13.2. The number of carbonyl (C=O) groups is 2. The van der Waals surface area contributed by atoms with Gasteiger partial charge in [-0.2, -0.15) is 0 Å². The fourth-order valence-electron chi connectivity index (χ4n) is 6.35. The molecule has 31 heavy (non-hydrogen) atoms. The normalized spacial score (nSPS) is 32.8. The van der Waals surface area contributed by atoms with E-state index in [9.17, 15) is 9.59 Å². The van der Waals surface area contributed by atoms with E-state index in [4.69, 9.17) is 0 Å². The number of hydrogen-bond acceptors (Lipinski definition) is 4. The molecule has 2 saturated heterocycles. The lowest BCUT2D eigenvalue weighted by Gasteiger charge is -2.32. The quantitative estimate of drug-likeness (QED) is 0.613. The molecule has 0 radical (unpaired) electrons. The number of rotatable bonds is 3. The summed E-state index contributed by atoms with van der Waals surface area (Å²) in [5.41, 5.74) is 10.4. The van der Waals surface area contributed by atoms with Crippen molar-refractivity contribution in [1.82, 2.24) is 26.1 Å². The standard InChI is InChI=1S/C24H31N5O2/c30-21-12-14(13-29(21)23-17-7-2-4-10-19(17)27-28-23)24(31)26-20-11-5-8-16-15-6-1-3-9-18(15)25-22(16)20/h1,3,6,9,14,17,19-20,23,25,27-28H,2,4-5,7-8,10-13H2,(H,26,31). The lowest BCUT2D eigenvalue weighted by atomic mass is 9.84. The summed E-state index contributed by atoms with van der Waals surface area (Å²) in [6.07, 6.45) is 8.16. The number of aryl methyl sites for hydroxylation is 1. The monoisotopic (exact) mass is 421 g/mol. The Balaban J connectivity index is 1.16. The highest BCUT2D eigenvalue weighted by Gasteiger charge is 2.46. The molecular weight excluding hydrogens is 390 g/mol. The SMILES string of the molecule is O=C(NC1CCCc2c1[nH]c1ccccc21)C1CC(=O)N(C2NNC3CCCCC32)C1. The number of hydrazine groups is 1. The third kappa shape index (κ3) is 3.26. The molecule has 2 amide bonds. The molecule has 5 atom stereocenters. The average Bonchev–Trinajstić information content (AvgIpc) is 3.49. The maximum absolute atomic E-state index is 13.2. The van der Waals surface area contributed by atoms with E-state index >= 15 is 0 Å². The van der Waals surface area contributed by atoms with Crippen LogP contribution in [0.4, 0.5) is 0 Å². The van der Waals surface area contributed by atoms with Crippen molar-refractivity contribution >= 4 is 22.7 Å². The second-order valence-electron chi connectivity index (χ2n) is 9.75. The van der Waals surface area contributed by atoms with Gasteiger partial charge in [0.2, 0.25) is 11.8 Å². The van der Waals surface area contributed by atoms with E-state index in [-0.39, 0.29) is 29.9 Å². The largest absolute Gasteiger partial charge is 0.356 e. The number of nitrogens with zero attached hydrogens (tertiary/aromatic N) is 1. The molecule has 1 aromatic heterocycles. The predicted molar refractivity (Wildman–Crippen MR) is 118 cm³/mol. The molecule has 7 nitrogen and oxygen atoms in total. The van der Waals surface area contributed by atoms with Crippen LogP contribution in [0.25, 0.3) is 10.9 Å². The van der Waals surface area contributed by atoms with Crippen LogP contribution in [0.5, 0.6) is 0 Å². The maximum Gasteiger partial charge on any atom is 0.225 e. The van der Waals surface area contributed by atoms with Gasteiger partial charge in [-0.1, -0.05) is 31.0 Å². The molecule has 2 aliphatic heterocycles. The van der Waals surface area contributed by atoms with Crippen molar-refractivity contribution in [3.63, 3.8) is 0 Å². The molecule has 2 aromatic rings. The van der Waals surface area contributed by atoms with E-state index in [1.54, 1.807) is 0 Å². The van der Waals surface area contributed by atoms with Gasteiger partial charge in [-0.25, -0.2) is 5.43 Å². The summed E-state index contributed by atoms with van der Waals surface area (Å²) in [6.45, 7) is 0.513. The Morgan fingerprint density at radius 2 is 1.94 bits per heavy atom. The predicted octanol–water partition coefficient (Wildman–Crippen LogP) is 2.50. The second-order valence-corrected chi connectivity index (χ2v) is 9.75. The van der Waals surface area contributed by atoms with Gasteiger partial charge < -0.3 is 15.2 Å². The summed E-state index contributed by atoms with van der Waals surface area (Å²) < 4.78 is 0. The molecule has 4 aliphatic rings. The van der Waals surface area contributed by atoms with Crippen LogP contribution in [0, 0.1) is 11.8 Å². The van der Waals surface area contributed by atoms with Crippen LogP contribution in [0.3, 0.4) is 0 Å². The van der Waals surface area contributed by atoms with Gasteiger partial charge in [0, 0.05) is 41.5 Å². The van der Waals surface area contributed by atoms with Crippen LogP contribution >= 0.6 is 0 Å². The van der Waals surface area contributed by atoms with E-state index < -0.39 is 0 Å².